The molecule has 3 aliphatic heterocycles. The number of nitrogens with zero attached hydrogens (tertiary/aromatic N) is 6. The van der Waals surface area contributed by atoms with Gasteiger partial charge in [-0.15, -0.1) is 0 Å². The molecule has 5 heterocycles. The molecular formula is C80H114FN22O29+. The number of aliphatic hydroxyl groups is 4. The van der Waals surface area contributed by atoms with Gasteiger partial charge in [-0.25, -0.2) is 28.7 Å². The highest BCUT2D eigenvalue weighted by atomic mass is 19.1. The predicted octanol–water partition coefficient (Wildman–Crippen LogP) is -6.91. The van der Waals surface area contributed by atoms with Crippen molar-refractivity contribution in [2.45, 2.75) is 190 Å². The molecule has 51 nitrogen and oxygen atoms in total. The van der Waals surface area contributed by atoms with Crippen LogP contribution in [0.2, 0.25) is 0 Å². The van der Waals surface area contributed by atoms with Crippen LogP contribution in [0, 0.1) is 11.2 Å². The van der Waals surface area contributed by atoms with Crippen LogP contribution in [0.15, 0.2) is 41.3 Å². The molecule has 11 atom stereocenters. The molecule has 7 rings (SSSR count). The molecular weight excluding hydrogens is 1750 g/mol. The van der Waals surface area contributed by atoms with Gasteiger partial charge in [-0.05, 0) is 110 Å². The van der Waals surface area contributed by atoms with Crippen LogP contribution in [-0.2, 0) is 87.9 Å². The summed E-state index contributed by atoms with van der Waals surface area (Å²) in [6.45, 7) is 1.23. The lowest BCUT2D eigenvalue weighted by molar-refractivity contribution is -0.674. The number of aryl methyl sites for hydroxylation is 1. The highest BCUT2D eigenvalue weighted by molar-refractivity contribution is 6.02. The average molecular weight is 1870 g/mol. The molecule has 2 aromatic heterocycles. The number of carboxylic acid groups (broad SMARTS) is 1. The van der Waals surface area contributed by atoms with Gasteiger partial charge in [-0.1, -0.05) is 0 Å². The monoisotopic (exact) mass is 1870 g/mol. The summed E-state index contributed by atoms with van der Waals surface area (Å²) in [5.41, 5.74) is 2.38. The van der Waals surface area contributed by atoms with E-state index in [-0.39, 0.29) is 186 Å². The quantitative estimate of drug-likeness (QED) is 0.00187. The van der Waals surface area contributed by atoms with Gasteiger partial charge in [0.25, 0.3) is 11.7 Å². The number of aliphatic hydroxyl groups excluding tert-OH is 4. The molecule has 724 valence electrons. The minimum atomic E-state index is -2.26. The molecule has 0 spiro atoms. The molecule has 3 aliphatic rings. The van der Waals surface area contributed by atoms with Crippen molar-refractivity contribution in [2.75, 3.05) is 108 Å². The lowest BCUT2D eigenvalue weighted by Crippen LogP contribution is -2.65. The number of aromatic carboxylic acids is 1. The van der Waals surface area contributed by atoms with Crippen LogP contribution in [0.5, 0.6) is 11.5 Å². The number of pyridine rings is 2. The number of benzene rings is 2. The summed E-state index contributed by atoms with van der Waals surface area (Å²) in [5.74, 6) is -17.1. The van der Waals surface area contributed by atoms with Gasteiger partial charge in [0.05, 0.1) is 49.6 Å². The maximum absolute atomic E-state index is 15.4. The molecule has 0 saturated carbocycles. The number of nitrogens with two attached hydrogens (primary N) is 1. The van der Waals surface area contributed by atoms with E-state index < -0.39 is 248 Å². The molecule has 26 N–H and O–H groups in total. The lowest BCUT2D eigenvalue weighted by atomic mass is 9.92. The second kappa shape index (κ2) is 50.3. The number of esters is 1. The van der Waals surface area contributed by atoms with E-state index in [0.29, 0.717) is 5.52 Å². The van der Waals surface area contributed by atoms with Crippen molar-refractivity contribution in [3.8, 4) is 11.5 Å². The lowest BCUT2D eigenvalue weighted by Gasteiger charge is -2.35. The number of amides is 15. The number of hydrogen-bond acceptors (Lipinski definition) is 31. The molecule has 132 heavy (non-hydrogen) atoms. The SMILES string of the molecule is CCn1cc(C(=O)O)c(=O)c2cc(F)c(N3CCN(C(=O)OCOC(=O)CCC(=O)NCCNC(=O)CCC(=O)Nc4cc5cc(O)c(O)cc5[n+]5c4NCC[C@H]5C(=O)N[C@H](CO)C(=O)N[C@@H](CCCNC(=N)N)C(=O)N[C@H](CO)C(=O)N[C@@](C)(CCCN(O)C=O)C(=O)N[C@H]4CCCCNC(=O)[C@@H](C(C)O)NC(=O)[C@@H](C(C)O)NC(=O)[C@H](CCCN(O)C=O)NC4=O)CC3)cc21. The normalized spacial score (nSPS) is 18.2. The molecule has 0 bridgehead atoms. The minimum Gasteiger partial charge on any atom is -0.504 e. The van der Waals surface area contributed by atoms with Gasteiger partial charge in [0.1, 0.15) is 70.4 Å². The summed E-state index contributed by atoms with van der Waals surface area (Å²) in [6.07, 6.45) is -6.62. The number of piperazine rings is 1. The minimum absolute atomic E-state index is 0.00804. The Balaban J connectivity index is 0.951. The van der Waals surface area contributed by atoms with Crippen molar-refractivity contribution in [3.05, 3.63) is 58.1 Å². The van der Waals surface area contributed by atoms with E-state index in [2.05, 4.69) is 74.4 Å². The number of hydroxylamine groups is 4. The van der Waals surface area contributed by atoms with Crippen LogP contribution in [0.1, 0.15) is 134 Å². The van der Waals surface area contributed by atoms with Crippen molar-refractivity contribution < 1.29 is 146 Å². The zero-order valence-electron chi connectivity index (χ0n) is 72.7. The molecule has 2 aromatic carbocycles. The van der Waals surface area contributed by atoms with E-state index in [1.54, 1.807) is 11.8 Å². The molecule has 15 amide bonds. The van der Waals surface area contributed by atoms with Gasteiger partial charge < -0.3 is 134 Å². The van der Waals surface area contributed by atoms with Crippen molar-refractivity contribution >= 4 is 147 Å². The molecule has 4 aromatic rings. The topological polar surface area (TPSA) is 748 Å². The number of rotatable bonds is 43. The maximum atomic E-state index is 15.4. The van der Waals surface area contributed by atoms with Crippen LogP contribution in [-0.4, -0.2) is 325 Å². The zero-order valence-corrected chi connectivity index (χ0v) is 72.7. The molecule has 2 fully saturated rings. The number of anilines is 3. The Bertz CT molecular complexity index is 4960. The van der Waals surface area contributed by atoms with E-state index >= 15 is 4.39 Å². The number of phenols is 2. The van der Waals surface area contributed by atoms with Gasteiger partial charge in [0.15, 0.2) is 23.5 Å². The standard InChI is InChI=1S/C80H113FN22O29/c1-5-98-36-46(76(125)126)66(116)45-33-47(81)57(34-56(45)98)99-27-29-100(30-28-99)79(128)132-41-131-63(115)17-16-61(113)85-24-23-84-60(112)14-15-62(114)89-51-31-44-32-58(110)59(111)35-55(44)103-54(18-22-86-67(51)103)73(122)93-52(37-104)71(120)91-48(12-8-21-88-78(82)83)68(117)92-53(38-105)72(121)97-80(4,19-10-26-102(130)40-107)77(127)94-50-11-6-7-20-87-74(123)64(42(2)108)96-75(124)65(43(3)109)95-70(119)49(90-69(50)118)13-9-25-101(129)39-106/h31-36,39-40,42-43,48-50,52-54,64-65,104-105,108-109,129-130H,5-30,37-38,41H2,1-4H3,(H19,82,83,84,85,86,87,88,89,90,91,92,93,94,95,96,97,110,111,112,113,114,117,118,119,120,121,122,123,124,125,126,127)/p+1/t42?,43?,48-,49-,50-,52+,53+,54-,64+,65+,80-/m0/s1. The van der Waals surface area contributed by atoms with Crippen LogP contribution < -0.4 is 95.1 Å². The van der Waals surface area contributed by atoms with Crippen LogP contribution in [0.25, 0.3) is 21.8 Å². The second-order valence-electron chi connectivity index (χ2n) is 31.4. The fourth-order valence-corrected chi connectivity index (χ4v) is 14.4. The first kappa shape index (κ1) is 105. The summed E-state index contributed by atoms with van der Waals surface area (Å²) < 4.78 is 28.3. The van der Waals surface area contributed by atoms with E-state index in [9.17, 15) is 132 Å². The number of aromatic nitrogens is 2. The number of guanidine groups is 1. The molecule has 0 radical (unpaired) electrons. The van der Waals surface area contributed by atoms with Crippen molar-refractivity contribution in [1.82, 2.24) is 83.4 Å². The largest absolute Gasteiger partial charge is 0.504 e. The molecule has 2 unspecified atom stereocenters. The van der Waals surface area contributed by atoms with Crippen LogP contribution in [0.3, 0.4) is 0 Å². The van der Waals surface area contributed by atoms with E-state index in [4.69, 9.17) is 20.6 Å². The number of carboxylic acids is 1. The first-order chi connectivity index (χ1) is 62.7. The second-order valence-corrected chi connectivity index (χ2v) is 31.4. The zero-order chi connectivity index (χ0) is 97.4. The number of hydrogen-bond donors (Lipinski definition) is 25. The van der Waals surface area contributed by atoms with Crippen molar-refractivity contribution in [2.24, 2.45) is 5.73 Å². The Labute approximate surface area is 751 Å². The highest BCUT2D eigenvalue weighted by Gasteiger charge is 2.43. The number of fused-ring (bicyclic) bond motifs is 4. The summed E-state index contributed by atoms with van der Waals surface area (Å²) in [6, 6.07) is -7.85. The van der Waals surface area contributed by atoms with E-state index in [1.807, 2.05) is 0 Å². The van der Waals surface area contributed by atoms with E-state index in [1.165, 1.54) is 39.3 Å². The molecule has 0 aliphatic carbocycles. The Morgan fingerprint density at radius 2 is 1.30 bits per heavy atom. The van der Waals surface area contributed by atoms with Crippen LogP contribution in [0.4, 0.5) is 26.4 Å². The maximum Gasteiger partial charge on any atom is 0.412 e. The van der Waals surface area contributed by atoms with E-state index in [0.717, 1.165) is 32.0 Å². The van der Waals surface area contributed by atoms with Gasteiger partial charge in [0, 0.05) is 121 Å². The van der Waals surface area contributed by atoms with Gasteiger partial charge >= 0.3 is 18.0 Å². The number of halogens is 1. The Morgan fingerprint density at radius 1 is 0.697 bits per heavy atom. The smallest absolute Gasteiger partial charge is 0.412 e. The van der Waals surface area contributed by atoms with Gasteiger partial charge in [-0.2, -0.15) is 0 Å². The summed E-state index contributed by atoms with van der Waals surface area (Å²) in [5, 5.41) is 137. The predicted molar refractivity (Wildman–Crippen MR) is 456 cm³/mol. The first-order valence-electron chi connectivity index (χ1n) is 42.3. The Kier molecular flexibility index (Phi) is 40.0. The number of carbonyl (C=O) groups is 17. The summed E-state index contributed by atoms with van der Waals surface area (Å²) in [4.78, 5) is 243. The Hall–Kier alpha value is -14.0. The van der Waals surface area contributed by atoms with Gasteiger partial charge in [-0.3, -0.25) is 97.9 Å². The molecule has 2 saturated heterocycles. The fourth-order valence-electron chi connectivity index (χ4n) is 14.4. The summed E-state index contributed by atoms with van der Waals surface area (Å²) >= 11 is 0. The van der Waals surface area contributed by atoms with Gasteiger partial charge in [0.2, 0.25) is 90.0 Å². The third-order valence-electron chi connectivity index (χ3n) is 21.6. The fraction of sp³-hybridized carbons (Fsp3) is 0.550. The summed E-state index contributed by atoms with van der Waals surface area (Å²) in [7, 11) is 0. The number of phenolic OH excluding ortho intramolecular Hbond substituents is 2. The van der Waals surface area contributed by atoms with Crippen LogP contribution >= 0.6 is 0 Å². The third kappa shape index (κ3) is 30.0. The average Bonchev–Trinajstić information content (AvgIpc) is 0.748. The number of carbonyl (C=O) groups excluding carboxylic acids is 16. The third-order valence-corrected chi connectivity index (χ3v) is 21.6. The number of nitrogens with one attached hydrogen (secondary N) is 15. The number of ether oxygens (including phenoxy) is 2. The van der Waals surface area contributed by atoms with Crippen molar-refractivity contribution in [1.29, 1.82) is 5.41 Å². The number of aromatic hydroxyl groups is 2. The van der Waals surface area contributed by atoms with Crippen molar-refractivity contribution in [3.63, 3.8) is 0 Å². The first-order valence-corrected chi connectivity index (χ1v) is 42.3. The highest BCUT2D eigenvalue weighted by Crippen LogP contribution is 2.36. The Morgan fingerprint density at radius 3 is 1.93 bits per heavy atom. The molecule has 52 heteroatoms.